The molecule has 0 N–H and O–H groups in total. The summed E-state index contributed by atoms with van der Waals surface area (Å²) in [5, 5.41) is 8.34. The van der Waals surface area contributed by atoms with Crippen LogP contribution < -0.4 is 4.74 Å². The number of nitrogens with zero attached hydrogens (tertiary/aromatic N) is 6. The lowest BCUT2D eigenvalue weighted by atomic mass is 10.2. The second-order valence-corrected chi connectivity index (χ2v) is 4.97. The van der Waals surface area contributed by atoms with Gasteiger partial charge in [-0.2, -0.15) is 4.98 Å². The van der Waals surface area contributed by atoms with Crippen molar-refractivity contribution in [1.82, 2.24) is 29.5 Å². The fourth-order valence-corrected chi connectivity index (χ4v) is 2.45. The highest BCUT2D eigenvalue weighted by Crippen LogP contribution is 2.25. The third kappa shape index (κ3) is 2.07. The molecule has 7 nitrogen and oxygen atoms in total. The zero-order chi connectivity index (χ0) is 16.0. The van der Waals surface area contributed by atoms with E-state index in [4.69, 9.17) is 4.74 Å². The number of imidazole rings is 1. The molecular formula is C15H11FN6O. The van der Waals surface area contributed by atoms with Gasteiger partial charge in [-0.15, -0.1) is 10.2 Å². The molecule has 0 fully saturated rings. The van der Waals surface area contributed by atoms with E-state index in [0.29, 0.717) is 39.8 Å². The molecule has 8 heteroatoms. The summed E-state index contributed by atoms with van der Waals surface area (Å²) >= 11 is 0. The Hall–Kier alpha value is -3.16. The van der Waals surface area contributed by atoms with Gasteiger partial charge in [0.2, 0.25) is 5.88 Å². The van der Waals surface area contributed by atoms with Crippen LogP contribution in [0.2, 0.25) is 0 Å². The summed E-state index contributed by atoms with van der Waals surface area (Å²) in [7, 11) is 1.54. The molecule has 4 rings (SSSR count). The molecule has 0 aromatic carbocycles. The van der Waals surface area contributed by atoms with Crippen LogP contribution in [-0.2, 0) is 0 Å². The van der Waals surface area contributed by atoms with Crippen molar-refractivity contribution in [1.29, 1.82) is 0 Å². The van der Waals surface area contributed by atoms with Crippen LogP contribution >= 0.6 is 0 Å². The van der Waals surface area contributed by atoms with Gasteiger partial charge in [-0.05, 0) is 19.1 Å². The maximum Gasteiger partial charge on any atom is 0.215 e. The normalized spacial score (nSPS) is 11.3. The van der Waals surface area contributed by atoms with Gasteiger partial charge in [-0.3, -0.25) is 9.38 Å². The highest BCUT2D eigenvalue weighted by Gasteiger charge is 2.16. The summed E-state index contributed by atoms with van der Waals surface area (Å²) in [6, 6.07) is 4.83. The molecule has 0 amide bonds. The van der Waals surface area contributed by atoms with E-state index in [9.17, 15) is 4.39 Å². The van der Waals surface area contributed by atoms with Crippen LogP contribution in [0.4, 0.5) is 4.39 Å². The topological polar surface area (TPSA) is 78.1 Å². The molecule has 0 saturated carbocycles. The number of aromatic nitrogens is 6. The zero-order valence-electron chi connectivity index (χ0n) is 12.4. The minimum atomic E-state index is -0.436. The Kier molecular flexibility index (Phi) is 2.90. The molecule has 23 heavy (non-hydrogen) atoms. The molecular weight excluding hydrogens is 299 g/mol. The maximum absolute atomic E-state index is 13.5. The van der Waals surface area contributed by atoms with E-state index in [-0.39, 0.29) is 0 Å². The Bertz CT molecular complexity index is 1040. The Morgan fingerprint density at radius 1 is 1.09 bits per heavy atom. The summed E-state index contributed by atoms with van der Waals surface area (Å²) in [5.74, 6) is 0.514. The summed E-state index contributed by atoms with van der Waals surface area (Å²) < 4.78 is 20.4. The van der Waals surface area contributed by atoms with Gasteiger partial charge in [0.05, 0.1) is 19.0 Å². The van der Waals surface area contributed by atoms with Crippen LogP contribution in [0.15, 0.2) is 30.6 Å². The monoisotopic (exact) mass is 310 g/mol. The van der Waals surface area contributed by atoms with Gasteiger partial charge in [0, 0.05) is 17.8 Å². The Morgan fingerprint density at radius 2 is 1.96 bits per heavy atom. The molecule has 4 aromatic heterocycles. The summed E-state index contributed by atoms with van der Waals surface area (Å²) in [6.07, 6.45) is 2.69. The molecule has 0 unspecified atom stereocenters. The number of ether oxygens (including phenoxy) is 1. The molecule has 4 heterocycles. The minimum Gasteiger partial charge on any atom is -0.481 e. The van der Waals surface area contributed by atoms with E-state index in [1.54, 1.807) is 22.7 Å². The van der Waals surface area contributed by atoms with Crippen LogP contribution in [0.5, 0.6) is 5.88 Å². The van der Waals surface area contributed by atoms with E-state index in [1.807, 2.05) is 6.92 Å². The smallest absolute Gasteiger partial charge is 0.215 e. The van der Waals surface area contributed by atoms with Crippen LogP contribution in [0.3, 0.4) is 0 Å². The van der Waals surface area contributed by atoms with Gasteiger partial charge in [-0.25, -0.2) is 9.37 Å². The Labute approximate surface area is 129 Å². The number of aryl methyl sites for hydroxylation is 1. The number of hydrogen-bond acceptors (Lipinski definition) is 6. The lowest BCUT2D eigenvalue weighted by molar-refractivity contribution is 0.399. The number of methoxy groups -OCH3 is 1. The quantitative estimate of drug-likeness (QED) is 0.565. The second kappa shape index (κ2) is 4.94. The van der Waals surface area contributed by atoms with Crippen molar-refractivity contribution in [2.75, 3.05) is 7.11 Å². The maximum atomic E-state index is 13.5. The molecule has 0 aliphatic rings. The number of hydrogen-bond donors (Lipinski definition) is 0. The van der Waals surface area contributed by atoms with Gasteiger partial charge in [0.15, 0.2) is 11.3 Å². The van der Waals surface area contributed by atoms with E-state index in [1.165, 1.54) is 13.2 Å². The summed E-state index contributed by atoms with van der Waals surface area (Å²) in [4.78, 5) is 12.8. The molecule has 0 atom stereocenters. The Balaban J connectivity index is 2.14. The van der Waals surface area contributed by atoms with Crippen molar-refractivity contribution in [3.63, 3.8) is 0 Å². The number of halogens is 1. The fraction of sp³-hybridized carbons (Fsp3) is 0.133. The highest BCUT2D eigenvalue weighted by atomic mass is 19.1. The van der Waals surface area contributed by atoms with Gasteiger partial charge in [0.25, 0.3) is 0 Å². The standard InChI is InChI=1S/C15H11FN6O/c1-8-13-21-20-11-3-4-12(23-2)19-15(11)22(13)14(18-8)9-5-10(16)7-17-6-9/h3-7H,1-2H3. The van der Waals surface area contributed by atoms with Crippen molar-refractivity contribution in [2.24, 2.45) is 0 Å². The lowest BCUT2D eigenvalue weighted by Gasteiger charge is -2.05. The fourth-order valence-electron chi connectivity index (χ4n) is 2.45. The van der Waals surface area contributed by atoms with E-state index in [2.05, 4.69) is 25.1 Å². The van der Waals surface area contributed by atoms with E-state index in [0.717, 1.165) is 6.20 Å². The van der Waals surface area contributed by atoms with Gasteiger partial charge < -0.3 is 4.74 Å². The van der Waals surface area contributed by atoms with Gasteiger partial charge in [-0.1, -0.05) is 0 Å². The molecule has 0 aliphatic carbocycles. The first-order chi connectivity index (χ1) is 11.2. The van der Waals surface area contributed by atoms with Crippen molar-refractivity contribution < 1.29 is 9.13 Å². The van der Waals surface area contributed by atoms with E-state index >= 15 is 0 Å². The number of fused-ring (bicyclic) bond motifs is 3. The predicted molar refractivity (Wildman–Crippen MR) is 80.6 cm³/mol. The van der Waals surface area contributed by atoms with Crippen LogP contribution in [0.1, 0.15) is 5.69 Å². The molecule has 0 saturated heterocycles. The molecule has 0 bridgehead atoms. The SMILES string of the molecule is COc1ccc2nnc3c(C)nc(-c4cncc(F)c4)n3c2n1. The summed E-state index contributed by atoms with van der Waals surface area (Å²) in [5.41, 5.74) is 2.88. The first-order valence-electron chi connectivity index (χ1n) is 6.85. The molecule has 4 aromatic rings. The molecule has 114 valence electrons. The first-order valence-corrected chi connectivity index (χ1v) is 6.85. The summed E-state index contributed by atoms with van der Waals surface area (Å²) in [6.45, 7) is 1.81. The third-order valence-corrected chi connectivity index (χ3v) is 3.49. The van der Waals surface area contributed by atoms with Gasteiger partial charge in [0.1, 0.15) is 17.2 Å². The van der Waals surface area contributed by atoms with Crippen molar-refractivity contribution in [3.8, 4) is 17.3 Å². The second-order valence-electron chi connectivity index (χ2n) is 4.97. The van der Waals surface area contributed by atoms with Crippen LogP contribution in [-0.4, -0.2) is 36.7 Å². The van der Waals surface area contributed by atoms with Crippen molar-refractivity contribution in [2.45, 2.75) is 6.92 Å². The largest absolute Gasteiger partial charge is 0.481 e. The van der Waals surface area contributed by atoms with Crippen LogP contribution in [0.25, 0.3) is 28.2 Å². The minimum absolute atomic E-state index is 0.436. The van der Waals surface area contributed by atoms with E-state index < -0.39 is 5.82 Å². The molecule has 0 spiro atoms. The molecule has 0 aliphatic heterocycles. The van der Waals surface area contributed by atoms with Crippen molar-refractivity contribution in [3.05, 3.63) is 42.1 Å². The number of rotatable bonds is 2. The van der Waals surface area contributed by atoms with Crippen LogP contribution in [0, 0.1) is 12.7 Å². The zero-order valence-corrected chi connectivity index (χ0v) is 12.4. The van der Waals surface area contributed by atoms with Crippen molar-refractivity contribution >= 4 is 16.8 Å². The third-order valence-electron chi connectivity index (χ3n) is 3.49. The Morgan fingerprint density at radius 3 is 2.74 bits per heavy atom. The molecule has 0 radical (unpaired) electrons. The number of pyridine rings is 2. The predicted octanol–water partition coefficient (Wildman–Crippen LogP) is 2.19. The average molecular weight is 310 g/mol. The van der Waals surface area contributed by atoms with Gasteiger partial charge >= 0.3 is 0 Å². The lowest BCUT2D eigenvalue weighted by Crippen LogP contribution is -2.01. The highest BCUT2D eigenvalue weighted by molar-refractivity contribution is 5.77. The first kappa shape index (κ1) is 13.5. The average Bonchev–Trinajstić information content (AvgIpc) is 2.92.